The highest BCUT2D eigenvalue weighted by Crippen LogP contribution is 2.19. The number of rotatable bonds is 4. The van der Waals surface area contributed by atoms with E-state index in [4.69, 9.17) is 4.74 Å². The minimum atomic E-state index is -0.993. The predicted molar refractivity (Wildman–Crippen MR) is 64.8 cm³/mol. The molecule has 3 nitrogen and oxygen atoms in total. The third kappa shape index (κ3) is 2.62. The van der Waals surface area contributed by atoms with Crippen LogP contribution in [0.1, 0.15) is 19.8 Å². The molecule has 4 heteroatoms. The zero-order valence-corrected chi connectivity index (χ0v) is 10.3. The zero-order chi connectivity index (χ0) is 11.4. The Hall–Kier alpha value is -0.870. The molecule has 0 saturated carbocycles. The minimum absolute atomic E-state index is 0.661. The van der Waals surface area contributed by atoms with E-state index in [1.165, 1.54) is 0 Å². The van der Waals surface area contributed by atoms with Gasteiger partial charge < -0.3 is 4.74 Å². The first kappa shape index (κ1) is 11.6. The Morgan fingerprint density at radius 3 is 2.44 bits per heavy atom. The van der Waals surface area contributed by atoms with Crippen LogP contribution >= 0.6 is 0 Å². The summed E-state index contributed by atoms with van der Waals surface area (Å²) in [6, 6.07) is 7.54. The molecule has 1 unspecified atom stereocenters. The van der Waals surface area contributed by atoms with Crippen LogP contribution in [0.4, 0.5) is 0 Å². The van der Waals surface area contributed by atoms with Crippen LogP contribution in [-0.4, -0.2) is 28.2 Å². The number of nitrogens with zero attached hydrogens (tertiary/aromatic N) is 1. The first-order valence-corrected chi connectivity index (χ1v) is 6.81. The second-order valence-corrected chi connectivity index (χ2v) is 5.28. The molecule has 0 radical (unpaired) electrons. The monoisotopic (exact) mass is 239 g/mol. The fourth-order valence-electron chi connectivity index (χ4n) is 1.82. The first-order chi connectivity index (χ1) is 7.81. The van der Waals surface area contributed by atoms with Crippen molar-refractivity contribution in [1.29, 1.82) is 0 Å². The number of hydrogen-bond donors (Lipinski definition) is 0. The SMILES string of the molecule is CCOc1ccc(S(=O)N2CCCC2)cc1. The topological polar surface area (TPSA) is 29.5 Å². The van der Waals surface area contributed by atoms with Gasteiger partial charge in [-0.05, 0) is 44.0 Å². The van der Waals surface area contributed by atoms with Gasteiger partial charge in [-0.15, -0.1) is 0 Å². The molecule has 0 aliphatic carbocycles. The Labute approximate surface area is 99.0 Å². The summed E-state index contributed by atoms with van der Waals surface area (Å²) >= 11 is 0. The lowest BCUT2D eigenvalue weighted by Crippen LogP contribution is -2.21. The van der Waals surface area contributed by atoms with E-state index in [0.717, 1.165) is 36.6 Å². The molecular formula is C12H17NO2S. The molecule has 1 aromatic rings. The number of ether oxygens (including phenoxy) is 1. The van der Waals surface area contributed by atoms with Crippen molar-refractivity contribution in [2.75, 3.05) is 19.7 Å². The summed E-state index contributed by atoms with van der Waals surface area (Å²) in [5.41, 5.74) is 0. The molecule has 2 rings (SSSR count). The molecule has 1 aliphatic heterocycles. The maximum absolute atomic E-state index is 12.1. The molecule has 1 heterocycles. The third-order valence-electron chi connectivity index (χ3n) is 2.64. The van der Waals surface area contributed by atoms with Gasteiger partial charge in [0.05, 0.1) is 11.5 Å². The van der Waals surface area contributed by atoms with E-state index in [0.29, 0.717) is 6.61 Å². The fourth-order valence-corrected chi connectivity index (χ4v) is 3.08. The molecule has 16 heavy (non-hydrogen) atoms. The quantitative estimate of drug-likeness (QED) is 0.806. The van der Waals surface area contributed by atoms with Crippen molar-refractivity contribution in [2.45, 2.75) is 24.7 Å². The molecule has 1 aromatic carbocycles. The average Bonchev–Trinajstić information content (AvgIpc) is 2.83. The van der Waals surface area contributed by atoms with Gasteiger partial charge in [0.25, 0.3) is 0 Å². The summed E-state index contributed by atoms with van der Waals surface area (Å²) in [5, 5.41) is 0. The lowest BCUT2D eigenvalue weighted by atomic mass is 10.3. The predicted octanol–water partition coefficient (Wildman–Crippen LogP) is 2.20. The van der Waals surface area contributed by atoms with E-state index in [1.54, 1.807) is 0 Å². The van der Waals surface area contributed by atoms with Crippen LogP contribution in [-0.2, 0) is 11.0 Å². The first-order valence-electron chi connectivity index (χ1n) is 5.71. The van der Waals surface area contributed by atoms with E-state index in [1.807, 2.05) is 35.5 Å². The van der Waals surface area contributed by atoms with Crippen molar-refractivity contribution in [3.05, 3.63) is 24.3 Å². The Kier molecular flexibility index (Phi) is 3.96. The minimum Gasteiger partial charge on any atom is -0.494 e. The van der Waals surface area contributed by atoms with Gasteiger partial charge in [-0.2, -0.15) is 0 Å². The van der Waals surface area contributed by atoms with E-state index >= 15 is 0 Å². The Morgan fingerprint density at radius 2 is 1.88 bits per heavy atom. The number of benzene rings is 1. The van der Waals surface area contributed by atoms with Crippen molar-refractivity contribution in [3.8, 4) is 5.75 Å². The van der Waals surface area contributed by atoms with Crippen molar-refractivity contribution >= 4 is 11.0 Å². The van der Waals surface area contributed by atoms with Crippen LogP contribution in [0.25, 0.3) is 0 Å². The molecule has 1 aliphatic rings. The molecular weight excluding hydrogens is 222 g/mol. The van der Waals surface area contributed by atoms with Crippen LogP contribution in [0.3, 0.4) is 0 Å². The molecule has 0 spiro atoms. The van der Waals surface area contributed by atoms with E-state index in [2.05, 4.69) is 0 Å². The lowest BCUT2D eigenvalue weighted by molar-refractivity contribution is 0.340. The standard InChI is InChI=1S/C12H17NO2S/c1-2-15-11-5-7-12(8-6-11)16(14)13-9-3-4-10-13/h5-8H,2-4,9-10H2,1H3. The molecule has 0 N–H and O–H groups in total. The summed E-state index contributed by atoms with van der Waals surface area (Å²) in [5.74, 6) is 0.838. The molecule has 0 aromatic heterocycles. The van der Waals surface area contributed by atoms with Gasteiger partial charge in [-0.25, -0.2) is 8.51 Å². The molecule has 1 saturated heterocycles. The molecule has 88 valence electrons. The van der Waals surface area contributed by atoms with E-state index in [9.17, 15) is 4.21 Å². The smallest absolute Gasteiger partial charge is 0.127 e. The van der Waals surface area contributed by atoms with E-state index in [-0.39, 0.29) is 0 Å². The number of hydrogen-bond acceptors (Lipinski definition) is 2. The summed E-state index contributed by atoms with van der Waals surface area (Å²) in [7, 11) is -0.993. The zero-order valence-electron chi connectivity index (χ0n) is 9.52. The van der Waals surface area contributed by atoms with Crippen LogP contribution in [0.15, 0.2) is 29.2 Å². The van der Waals surface area contributed by atoms with Crippen LogP contribution in [0, 0.1) is 0 Å². The summed E-state index contributed by atoms with van der Waals surface area (Å²) < 4.78 is 19.5. The van der Waals surface area contributed by atoms with Crippen LogP contribution in [0.2, 0.25) is 0 Å². The second kappa shape index (κ2) is 5.46. The van der Waals surface area contributed by atoms with Crippen molar-refractivity contribution in [1.82, 2.24) is 4.31 Å². The maximum atomic E-state index is 12.1. The van der Waals surface area contributed by atoms with Gasteiger partial charge in [-0.3, -0.25) is 0 Å². The Balaban J connectivity index is 2.05. The molecule has 0 amide bonds. The van der Waals surface area contributed by atoms with Crippen LogP contribution in [0.5, 0.6) is 5.75 Å². The molecule has 0 bridgehead atoms. The summed E-state index contributed by atoms with van der Waals surface area (Å²) in [6.07, 6.45) is 2.31. The third-order valence-corrected chi connectivity index (χ3v) is 4.15. The highest BCUT2D eigenvalue weighted by molar-refractivity contribution is 7.82. The van der Waals surface area contributed by atoms with Gasteiger partial charge in [0.2, 0.25) is 0 Å². The Morgan fingerprint density at radius 1 is 1.25 bits per heavy atom. The van der Waals surface area contributed by atoms with Gasteiger partial charge in [0, 0.05) is 13.1 Å². The normalized spacial score (nSPS) is 18.6. The largest absolute Gasteiger partial charge is 0.494 e. The highest BCUT2D eigenvalue weighted by atomic mass is 32.2. The van der Waals surface area contributed by atoms with Gasteiger partial charge in [0.1, 0.15) is 16.7 Å². The van der Waals surface area contributed by atoms with Crippen molar-refractivity contribution < 1.29 is 8.95 Å². The van der Waals surface area contributed by atoms with Crippen molar-refractivity contribution in [2.24, 2.45) is 0 Å². The fraction of sp³-hybridized carbons (Fsp3) is 0.500. The van der Waals surface area contributed by atoms with Crippen LogP contribution < -0.4 is 4.74 Å². The lowest BCUT2D eigenvalue weighted by Gasteiger charge is -2.13. The Bertz CT molecular complexity index is 358. The van der Waals surface area contributed by atoms with Crippen molar-refractivity contribution in [3.63, 3.8) is 0 Å². The van der Waals surface area contributed by atoms with Gasteiger partial charge >= 0.3 is 0 Å². The molecule has 1 atom stereocenters. The summed E-state index contributed by atoms with van der Waals surface area (Å²) in [4.78, 5) is 0.866. The maximum Gasteiger partial charge on any atom is 0.127 e. The highest BCUT2D eigenvalue weighted by Gasteiger charge is 2.18. The second-order valence-electron chi connectivity index (χ2n) is 3.79. The van der Waals surface area contributed by atoms with Gasteiger partial charge in [0.15, 0.2) is 0 Å². The molecule has 1 fully saturated rings. The average molecular weight is 239 g/mol. The summed E-state index contributed by atoms with van der Waals surface area (Å²) in [6.45, 7) is 4.50. The van der Waals surface area contributed by atoms with E-state index < -0.39 is 11.0 Å². The van der Waals surface area contributed by atoms with Gasteiger partial charge in [-0.1, -0.05) is 0 Å².